The number of hydrogen-bond acceptors (Lipinski definition) is 7. The van der Waals surface area contributed by atoms with Crippen LogP contribution in [0, 0.1) is 0 Å². The summed E-state index contributed by atoms with van der Waals surface area (Å²) in [7, 11) is 0. The number of nitrogens with zero attached hydrogens (tertiary/aromatic N) is 2. The number of aromatic nitrogens is 2. The molecule has 0 spiro atoms. The summed E-state index contributed by atoms with van der Waals surface area (Å²) in [4.78, 5) is 23.7. The maximum atomic E-state index is 12.2. The fraction of sp³-hybridized carbons (Fsp3) is 0.467. The Labute approximate surface area is 146 Å². The van der Waals surface area contributed by atoms with Gasteiger partial charge in [0.25, 0.3) is 0 Å². The second-order valence-corrected chi connectivity index (χ2v) is 7.57. The van der Waals surface area contributed by atoms with Crippen LogP contribution in [0.2, 0.25) is 0 Å². The topological polar surface area (TPSA) is 105 Å². The summed E-state index contributed by atoms with van der Waals surface area (Å²) in [5.74, 6) is 1.00. The minimum atomic E-state index is -1.14. The Morgan fingerprint density at radius 1 is 1.33 bits per heavy atom. The van der Waals surface area contributed by atoms with E-state index in [-0.39, 0.29) is 18.7 Å². The number of thiophene rings is 1. The third-order valence-corrected chi connectivity index (χ3v) is 5.60. The predicted octanol–water partition coefficient (Wildman–Crippen LogP) is 2.20. The van der Waals surface area contributed by atoms with E-state index in [1.54, 1.807) is 11.8 Å². The lowest BCUT2D eigenvalue weighted by Gasteiger charge is -2.33. The number of rotatable bonds is 6. The Kier molecular flexibility index (Phi) is 5.20. The SMILES string of the molecule is O=C(CCc1nnc(-c2ccsc2)o1)NC1(C(=O)O)CCSCC1. The molecule has 0 unspecified atom stereocenters. The Morgan fingerprint density at radius 3 is 2.79 bits per heavy atom. The third kappa shape index (κ3) is 3.78. The molecule has 0 saturated carbocycles. The highest BCUT2D eigenvalue weighted by atomic mass is 32.2. The van der Waals surface area contributed by atoms with E-state index >= 15 is 0 Å². The molecule has 24 heavy (non-hydrogen) atoms. The number of aryl methyl sites for hydroxylation is 1. The first-order valence-electron chi connectivity index (χ1n) is 7.56. The fourth-order valence-corrected chi connectivity index (χ4v) is 4.34. The number of aliphatic carboxylic acids is 1. The normalized spacial score (nSPS) is 16.7. The molecule has 128 valence electrons. The van der Waals surface area contributed by atoms with Crippen molar-refractivity contribution in [1.82, 2.24) is 15.5 Å². The van der Waals surface area contributed by atoms with Crippen molar-refractivity contribution in [1.29, 1.82) is 0 Å². The zero-order valence-electron chi connectivity index (χ0n) is 12.9. The van der Waals surface area contributed by atoms with E-state index in [1.807, 2.05) is 16.8 Å². The molecule has 0 bridgehead atoms. The van der Waals surface area contributed by atoms with Crippen LogP contribution in [0.15, 0.2) is 21.2 Å². The van der Waals surface area contributed by atoms with Crippen LogP contribution in [-0.4, -0.2) is 44.2 Å². The lowest BCUT2D eigenvalue weighted by atomic mass is 9.92. The number of thioether (sulfide) groups is 1. The molecule has 2 aromatic rings. The molecule has 1 aliphatic heterocycles. The average Bonchev–Trinajstić information content (AvgIpc) is 3.25. The summed E-state index contributed by atoms with van der Waals surface area (Å²) < 4.78 is 5.53. The predicted molar refractivity (Wildman–Crippen MR) is 91.0 cm³/mol. The molecule has 0 aliphatic carbocycles. The van der Waals surface area contributed by atoms with Crippen LogP contribution in [0.25, 0.3) is 11.5 Å². The van der Waals surface area contributed by atoms with Crippen LogP contribution < -0.4 is 5.32 Å². The first-order valence-corrected chi connectivity index (χ1v) is 9.66. The van der Waals surface area contributed by atoms with Gasteiger partial charge in [-0.05, 0) is 35.8 Å². The van der Waals surface area contributed by atoms with Gasteiger partial charge in [0, 0.05) is 23.8 Å². The second-order valence-electron chi connectivity index (χ2n) is 5.56. The van der Waals surface area contributed by atoms with Crippen molar-refractivity contribution >= 4 is 35.0 Å². The molecular weight excluding hydrogens is 350 g/mol. The fourth-order valence-electron chi connectivity index (χ4n) is 2.52. The van der Waals surface area contributed by atoms with Gasteiger partial charge in [0.1, 0.15) is 5.54 Å². The minimum absolute atomic E-state index is 0.118. The van der Waals surface area contributed by atoms with Crippen LogP contribution in [0.1, 0.15) is 25.2 Å². The summed E-state index contributed by atoms with van der Waals surface area (Å²) in [6, 6.07) is 1.88. The summed E-state index contributed by atoms with van der Waals surface area (Å²) in [5.41, 5.74) is -0.285. The number of carboxylic acids is 1. The molecule has 0 aromatic carbocycles. The van der Waals surface area contributed by atoms with Gasteiger partial charge in [-0.1, -0.05) is 0 Å². The zero-order valence-corrected chi connectivity index (χ0v) is 14.5. The monoisotopic (exact) mass is 367 g/mol. The second kappa shape index (κ2) is 7.35. The number of carboxylic acid groups (broad SMARTS) is 1. The number of hydrogen-bond donors (Lipinski definition) is 2. The van der Waals surface area contributed by atoms with Crippen LogP contribution in [0.3, 0.4) is 0 Å². The molecule has 0 radical (unpaired) electrons. The summed E-state index contributed by atoms with van der Waals surface area (Å²) in [6.07, 6.45) is 1.30. The molecule has 2 N–H and O–H groups in total. The van der Waals surface area contributed by atoms with E-state index < -0.39 is 11.5 Å². The number of nitrogens with one attached hydrogen (secondary N) is 1. The lowest BCUT2D eigenvalue weighted by molar-refractivity contribution is -0.148. The van der Waals surface area contributed by atoms with Gasteiger partial charge in [0.15, 0.2) is 0 Å². The standard InChI is InChI=1S/C15H17N3O4S2/c19-11(16-15(14(20)21)4-7-23-8-5-15)1-2-12-17-18-13(22-12)10-3-6-24-9-10/h3,6,9H,1-2,4-5,7-8H2,(H,16,19)(H,20,21). The smallest absolute Gasteiger partial charge is 0.329 e. The van der Waals surface area contributed by atoms with Crippen molar-refractivity contribution in [2.45, 2.75) is 31.2 Å². The van der Waals surface area contributed by atoms with Gasteiger partial charge in [-0.3, -0.25) is 4.79 Å². The lowest BCUT2D eigenvalue weighted by Crippen LogP contribution is -2.56. The quantitative estimate of drug-likeness (QED) is 0.806. The van der Waals surface area contributed by atoms with Crippen molar-refractivity contribution < 1.29 is 19.1 Å². The van der Waals surface area contributed by atoms with E-state index in [4.69, 9.17) is 4.42 Å². The Bertz CT molecular complexity index is 708. The summed E-state index contributed by atoms with van der Waals surface area (Å²) in [6.45, 7) is 0. The van der Waals surface area contributed by atoms with Gasteiger partial charge in [0.2, 0.25) is 17.7 Å². The number of carbonyl (C=O) groups is 2. The molecule has 1 fully saturated rings. The van der Waals surface area contributed by atoms with Crippen molar-refractivity contribution in [3.05, 3.63) is 22.7 Å². The molecular formula is C15H17N3O4S2. The Hall–Kier alpha value is -1.87. The summed E-state index contributed by atoms with van der Waals surface area (Å²) in [5, 5.41) is 23.9. The van der Waals surface area contributed by atoms with Crippen LogP contribution in [0.4, 0.5) is 0 Å². The van der Waals surface area contributed by atoms with E-state index in [2.05, 4.69) is 15.5 Å². The minimum Gasteiger partial charge on any atom is -0.480 e. The highest BCUT2D eigenvalue weighted by Gasteiger charge is 2.41. The summed E-state index contributed by atoms with van der Waals surface area (Å²) >= 11 is 3.24. The van der Waals surface area contributed by atoms with Crippen molar-refractivity contribution in [2.24, 2.45) is 0 Å². The van der Waals surface area contributed by atoms with Gasteiger partial charge in [-0.2, -0.15) is 23.1 Å². The molecule has 3 rings (SSSR count). The number of amides is 1. The van der Waals surface area contributed by atoms with E-state index in [1.165, 1.54) is 11.3 Å². The molecule has 1 aliphatic rings. The van der Waals surface area contributed by atoms with Crippen molar-refractivity contribution in [3.8, 4) is 11.5 Å². The molecule has 3 heterocycles. The molecule has 1 amide bonds. The Morgan fingerprint density at radius 2 is 2.12 bits per heavy atom. The Balaban J connectivity index is 1.56. The van der Waals surface area contributed by atoms with E-state index in [9.17, 15) is 14.7 Å². The largest absolute Gasteiger partial charge is 0.480 e. The highest BCUT2D eigenvalue weighted by Crippen LogP contribution is 2.27. The first-order chi connectivity index (χ1) is 11.6. The van der Waals surface area contributed by atoms with Gasteiger partial charge in [0.05, 0.1) is 0 Å². The van der Waals surface area contributed by atoms with Crippen LogP contribution in [0.5, 0.6) is 0 Å². The first kappa shape index (κ1) is 17.0. The third-order valence-electron chi connectivity index (χ3n) is 3.94. The van der Waals surface area contributed by atoms with Crippen molar-refractivity contribution in [2.75, 3.05) is 11.5 Å². The number of carbonyl (C=O) groups excluding carboxylic acids is 1. The maximum absolute atomic E-state index is 12.2. The zero-order chi connectivity index (χ0) is 17.0. The van der Waals surface area contributed by atoms with Gasteiger partial charge < -0.3 is 14.8 Å². The van der Waals surface area contributed by atoms with Crippen LogP contribution >= 0.6 is 23.1 Å². The van der Waals surface area contributed by atoms with E-state index in [0.717, 1.165) is 17.1 Å². The molecule has 7 nitrogen and oxygen atoms in total. The van der Waals surface area contributed by atoms with Crippen molar-refractivity contribution in [3.63, 3.8) is 0 Å². The highest BCUT2D eigenvalue weighted by molar-refractivity contribution is 7.99. The maximum Gasteiger partial charge on any atom is 0.329 e. The molecule has 1 saturated heterocycles. The molecule has 9 heteroatoms. The average molecular weight is 367 g/mol. The molecule has 0 atom stereocenters. The van der Waals surface area contributed by atoms with Gasteiger partial charge >= 0.3 is 5.97 Å². The van der Waals surface area contributed by atoms with Crippen LogP contribution in [-0.2, 0) is 16.0 Å². The molecule has 2 aromatic heterocycles. The van der Waals surface area contributed by atoms with Gasteiger partial charge in [-0.15, -0.1) is 10.2 Å². The van der Waals surface area contributed by atoms with E-state index in [0.29, 0.717) is 24.6 Å². The van der Waals surface area contributed by atoms with Gasteiger partial charge in [-0.25, -0.2) is 4.79 Å².